The molecule has 1 aliphatic carbocycles. The van der Waals surface area contributed by atoms with Crippen molar-refractivity contribution in [2.45, 2.75) is 59.2 Å². The van der Waals surface area contributed by atoms with Gasteiger partial charge in [-0.2, -0.15) is 0 Å². The molecule has 0 aliphatic heterocycles. The van der Waals surface area contributed by atoms with Crippen LogP contribution in [0, 0.1) is 24.2 Å². The molecular weight excluding hydrogens is 410 g/mol. The van der Waals surface area contributed by atoms with Gasteiger partial charge in [-0.1, -0.05) is 45.0 Å². The Hall–Kier alpha value is -2.09. The van der Waals surface area contributed by atoms with Crippen LogP contribution in [-0.2, 0) is 16.1 Å². The molecule has 1 aromatic carbocycles. The molecule has 3 rings (SSSR count). The first kappa shape index (κ1) is 23.6. The van der Waals surface area contributed by atoms with Gasteiger partial charge in [0.2, 0.25) is 5.91 Å². The highest BCUT2D eigenvalue weighted by atomic mass is 32.1. The monoisotopic (exact) mass is 443 g/mol. The summed E-state index contributed by atoms with van der Waals surface area (Å²) in [6, 6.07) is 7.71. The third kappa shape index (κ3) is 5.40. The molecule has 4 atom stereocenters. The van der Waals surface area contributed by atoms with Crippen molar-refractivity contribution < 1.29 is 14.7 Å². The fraction of sp³-hybridized carbons (Fsp3) is 0.542. The zero-order chi connectivity index (χ0) is 22.8. The number of amides is 1. The Labute approximate surface area is 188 Å². The molecule has 168 valence electrons. The smallest absolute Gasteiger partial charge is 0.224 e. The van der Waals surface area contributed by atoms with Crippen LogP contribution in [0.2, 0.25) is 0 Å². The standard InChI is InChI=1S/C24H33N3O3S/c1-14-21(31-13-27-14)16-8-6-15(7-9-16)12-26-23(30)19-11-17(28)10-18(19)20(29)22(25-5)24(2,3)4/h6-9,13,17-19,22,25,28H,10-12H2,1-5H3,(H,26,30)/t17-,18?,19?,22+/m1/s1. The molecule has 31 heavy (non-hydrogen) atoms. The van der Waals surface area contributed by atoms with Crippen LogP contribution in [0.15, 0.2) is 29.8 Å². The maximum Gasteiger partial charge on any atom is 0.224 e. The summed E-state index contributed by atoms with van der Waals surface area (Å²) in [5.41, 5.74) is 4.68. The van der Waals surface area contributed by atoms with Gasteiger partial charge in [-0.15, -0.1) is 11.3 Å². The van der Waals surface area contributed by atoms with Gasteiger partial charge in [0, 0.05) is 12.5 Å². The number of aliphatic hydroxyl groups excluding tert-OH is 1. The number of ketones is 1. The number of Topliss-reactive ketones (excluding diaryl/α,β-unsaturated/α-hetero) is 1. The zero-order valence-electron chi connectivity index (χ0n) is 18.9. The highest BCUT2D eigenvalue weighted by Crippen LogP contribution is 2.36. The predicted molar refractivity (Wildman–Crippen MR) is 124 cm³/mol. The Bertz CT molecular complexity index is 917. The Morgan fingerprint density at radius 3 is 2.39 bits per heavy atom. The molecule has 3 N–H and O–H groups in total. The van der Waals surface area contributed by atoms with Crippen LogP contribution in [0.5, 0.6) is 0 Å². The minimum Gasteiger partial charge on any atom is -0.393 e. The van der Waals surface area contributed by atoms with Crippen LogP contribution in [0.1, 0.15) is 44.9 Å². The van der Waals surface area contributed by atoms with Crippen LogP contribution in [-0.4, -0.2) is 41.0 Å². The minimum atomic E-state index is -0.621. The number of aryl methyl sites for hydroxylation is 1. The summed E-state index contributed by atoms with van der Waals surface area (Å²) >= 11 is 1.61. The van der Waals surface area contributed by atoms with Gasteiger partial charge < -0.3 is 15.7 Å². The van der Waals surface area contributed by atoms with Gasteiger partial charge in [0.15, 0.2) is 5.78 Å². The summed E-state index contributed by atoms with van der Waals surface area (Å²) in [6.45, 7) is 8.40. The van der Waals surface area contributed by atoms with Crippen LogP contribution in [0.3, 0.4) is 0 Å². The van der Waals surface area contributed by atoms with E-state index < -0.39 is 17.9 Å². The predicted octanol–water partition coefficient (Wildman–Crippen LogP) is 3.33. The Balaban J connectivity index is 1.65. The van der Waals surface area contributed by atoms with Gasteiger partial charge >= 0.3 is 0 Å². The van der Waals surface area contributed by atoms with Gasteiger partial charge in [0.1, 0.15) is 0 Å². The number of nitrogens with zero attached hydrogens (tertiary/aromatic N) is 1. The normalized spacial score (nSPS) is 22.3. The highest BCUT2D eigenvalue weighted by Gasteiger charge is 2.45. The molecule has 1 saturated carbocycles. The van der Waals surface area contributed by atoms with E-state index in [0.717, 1.165) is 21.7 Å². The first-order valence-corrected chi connectivity index (χ1v) is 11.7. The average Bonchev–Trinajstić information content (AvgIpc) is 3.31. The van der Waals surface area contributed by atoms with E-state index in [2.05, 4.69) is 15.6 Å². The lowest BCUT2D eigenvalue weighted by Crippen LogP contribution is -2.49. The van der Waals surface area contributed by atoms with E-state index in [1.807, 2.05) is 57.5 Å². The molecule has 2 aromatic rings. The molecule has 1 aromatic heterocycles. The van der Waals surface area contributed by atoms with Gasteiger partial charge in [0.25, 0.3) is 0 Å². The van der Waals surface area contributed by atoms with Crippen molar-refractivity contribution in [1.29, 1.82) is 0 Å². The summed E-state index contributed by atoms with van der Waals surface area (Å²) in [5.74, 6) is -1.12. The van der Waals surface area contributed by atoms with Crippen molar-refractivity contribution >= 4 is 23.0 Å². The summed E-state index contributed by atoms with van der Waals surface area (Å²) in [5, 5.41) is 16.3. The van der Waals surface area contributed by atoms with E-state index in [1.54, 1.807) is 18.4 Å². The fourth-order valence-electron chi connectivity index (χ4n) is 4.50. The van der Waals surface area contributed by atoms with Gasteiger partial charge in [0.05, 0.1) is 34.1 Å². The van der Waals surface area contributed by atoms with Crippen molar-refractivity contribution in [2.75, 3.05) is 7.05 Å². The summed E-state index contributed by atoms with van der Waals surface area (Å²) in [4.78, 5) is 31.6. The van der Waals surface area contributed by atoms with Crippen molar-refractivity contribution in [1.82, 2.24) is 15.6 Å². The van der Waals surface area contributed by atoms with Crippen LogP contribution >= 0.6 is 11.3 Å². The minimum absolute atomic E-state index is 0.0102. The number of thiazole rings is 1. The van der Waals surface area contributed by atoms with Crippen molar-refractivity contribution in [3.05, 3.63) is 41.0 Å². The lowest BCUT2D eigenvalue weighted by Gasteiger charge is -2.32. The number of carbonyl (C=O) groups is 2. The van der Waals surface area contributed by atoms with Gasteiger partial charge in [-0.25, -0.2) is 4.98 Å². The largest absolute Gasteiger partial charge is 0.393 e. The van der Waals surface area contributed by atoms with E-state index in [4.69, 9.17) is 0 Å². The highest BCUT2D eigenvalue weighted by molar-refractivity contribution is 7.13. The lowest BCUT2D eigenvalue weighted by atomic mass is 9.77. The number of likely N-dealkylation sites (N-methyl/N-ethyl adjacent to an activating group) is 1. The number of benzene rings is 1. The molecule has 7 heteroatoms. The zero-order valence-corrected chi connectivity index (χ0v) is 19.8. The van der Waals surface area contributed by atoms with Crippen LogP contribution < -0.4 is 10.6 Å². The van der Waals surface area contributed by atoms with Crippen molar-refractivity contribution in [2.24, 2.45) is 17.3 Å². The molecular formula is C24H33N3O3S. The molecule has 0 saturated heterocycles. The topological polar surface area (TPSA) is 91.3 Å². The molecule has 0 spiro atoms. The second-order valence-electron chi connectivity index (χ2n) is 9.51. The average molecular weight is 444 g/mol. The van der Waals surface area contributed by atoms with Gasteiger partial charge in [-0.3, -0.25) is 9.59 Å². The second-order valence-corrected chi connectivity index (χ2v) is 10.4. The summed E-state index contributed by atoms with van der Waals surface area (Å²) < 4.78 is 0. The first-order valence-electron chi connectivity index (χ1n) is 10.8. The molecule has 1 fully saturated rings. The van der Waals surface area contributed by atoms with Crippen molar-refractivity contribution in [3.8, 4) is 10.4 Å². The number of hydrogen-bond donors (Lipinski definition) is 3. The summed E-state index contributed by atoms with van der Waals surface area (Å²) in [7, 11) is 1.77. The van der Waals surface area contributed by atoms with Gasteiger partial charge in [-0.05, 0) is 43.4 Å². The van der Waals surface area contributed by atoms with Crippen LogP contribution in [0.25, 0.3) is 10.4 Å². The number of aliphatic hydroxyl groups is 1. The molecule has 1 heterocycles. The van der Waals surface area contributed by atoms with Crippen LogP contribution in [0.4, 0.5) is 0 Å². The maximum absolute atomic E-state index is 13.2. The molecule has 2 unspecified atom stereocenters. The van der Waals surface area contributed by atoms with E-state index in [0.29, 0.717) is 19.4 Å². The molecule has 0 radical (unpaired) electrons. The quantitative estimate of drug-likeness (QED) is 0.611. The number of carbonyl (C=O) groups excluding carboxylic acids is 2. The third-order valence-electron chi connectivity index (χ3n) is 6.11. The third-order valence-corrected chi connectivity index (χ3v) is 7.09. The Kier molecular flexibility index (Phi) is 7.29. The maximum atomic E-state index is 13.2. The number of hydrogen-bond acceptors (Lipinski definition) is 6. The lowest BCUT2D eigenvalue weighted by molar-refractivity contribution is -0.135. The summed E-state index contributed by atoms with van der Waals surface area (Å²) in [6.07, 6.45) is 0.0459. The van der Waals surface area contributed by atoms with E-state index in [9.17, 15) is 14.7 Å². The Morgan fingerprint density at radius 2 is 1.84 bits per heavy atom. The van der Waals surface area contributed by atoms with Crippen molar-refractivity contribution in [3.63, 3.8) is 0 Å². The second kappa shape index (κ2) is 9.59. The molecule has 1 aliphatic rings. The van der Waals surface area contributed by atoms with E-state index >= 15 is 0 Å². The molecule has 6 nitrogen and oxygen atoms in total. The van der Waals surface area contributed by atoms with E-state index in [-0.39, 0.29) is 23.1 Å². The first-order chi connectivity index (χ1) is 14.6. The number of rotatable bonds is 7. The fourth-order valence-corrected chi connectivity index (χ4v) is 5.32. The SMILES string of the molecule is CN[C@@H](C(=O)C1C[C@@H](O)CC1C(=O)NCc1ccc(-c2scnc2C)cc1)C(C)(C)C. The van der Waals surface area contributed by atoms with E-state index in [1.165, 1.54) is 0 Å². The molecule has 1 amide bonds. The molecule has 0 bridgehead atoms. The number of aromatic nitrogens is 1. The Morgan fingerprint density at radius 1 is 1.19 bits per heavy atom. The number of nitrogens with one attached hydrogen (secondary N) is 2.